The van der Waals surface area contributed by atoms with Gasteiger partial charge in [0, 0.05) is 25.3 Å². The number of anilines is 1. The number of nitrogens with two attached hydrogens (primary N) is 1. The van der Waals surface area contributed by atoms with E-state index in [-0.39, 0.29) is 12.2 Å². The van der Waals surface area contributed by atoms with Gasteiger partial charge in [0.2, 0.25) is 0 Å². The maximum atomic E-state index is 11.8. The molecule has 0 aromatic carbocycles. The highest BCUT2D eigenvalue weighted by molar-refractivity contribution is 5.89. The molecule has 0 spiro atoms. The van der Waals surface area contributed by atoms with Crippen LogP contribution in [0.3, 0.4) is 0 Å². The van der Waals surface area contributed by atoms with Crippen LogP contribution in [-0.2, 0) is 16.0 Å². The molecule has 0 saturated carbocycles. The number of aromatic nitrogens is 1. The van der Waals surface area contributed by atoms with Crippen LogP contribution in [0.5, 0.6) is 0 Å². The Kier molecular flexibility index (Phi) is 3.42. The van der Waals surface area contributed by atoms with Crippen LogP contribution in [0.2, 0.25) is 0 Å². The van der Waals surface area contributed by atoms with Crippen molar-refractivity contribution in [3.63, 3.8) is 0 Å². The molecule has 15 heavy (non-hydrogen) atoms. The van der Waals surface area contributed by atoms with Gasteiger partial charge in [-0.3, -0.25) is 4.79 Å². The highest BCUT2D eigenvalue weighted by atomic mass is 16.5. The molecule has 0 aliphatic rings. The Balaban J connectivity index is 2.80. The summed E-state index contributed by atoms with van der Waals surface area (Å²) in [6, 6.07) is 3.56. The van der Waals surface area contributed by atoms with Crippen molar-refractivity contribution in [2.75, 3.05) is 12.8 Å². The topological polar surface area (TPSA) is 65.2 Å². The highest BCUT2D eigenvalue weighted by Gasteiger charge is 2.27. The quantitative estimate of drug-likeness (QED) is 0.807. The Morgan fingerprint density at radius 1 is 1.60 bits per heavy atom. The Hall–Kier alpha value is -1.42. The minimum absolute atomic E-state index is 0.00954. The van der Waals surface area contributed by atoms with Crippen molar-refractivity contribution < 1.29 is 9.53 Å². The maximum absolute atomic E-state index is 11.8. The van der Waals surface area contributed by atoms with Crippen molar-refractivity contribution in [1.82, 2.24) is 4.98 Å². The number of carbonyl (C=O) groups is 1. The van der Waals surface area contributed by atoms with Crippen molar-refractivity contribution in [3.05, 3.63) is 23.9 Å². The third kappa shape index (κ3) is 2.76. The third-order valence-electron chi connectivity index (χ3n) is 2.46. The number of Topliss-reactive ketones (excluding diaryl/α,β-unsaturated/α-hetero) is 1. The summed E-state index contributed by atoms with van der Waals surface area (Å²) in [6.45, 7) is 3.48. The van der Waals surface area contributed by atoms with Crippen LogP contribution in [0.15, 0.2) is 18.3 Å². The lowest BCUT2D eigenvalue weighted by atomic mass is 9.97. The summed E-state index contributed by atoms with van der Waals surface area (Å²) in [4.78, 5) is 15.7. The van der Waals surface area contributed by atoms with E-state index in [0.29, 0.717) is 5.82 Å². The van der Waals surface area contributed by atoms with Gasteiger partial charge in [-0.1, -0.05) is 6.07 Å². The molecular formula is C11H16N2O2. The summed E-state index contributed by atoms with van der Waals surface area (Å²) in [5.74, 6) is 0.391. The predicted molar refractivity (Wildman–Crippen MR) is 58.4 cm³/mol. The van der Waals surface area contributed by atoms with E-state index >= 15 is 0 Å². The average molecular weight is 208 g/mol. The van der Waals surface area contributed by atoms with Gasteiger partial charge in [0.1, 0.15) is 11.4 Å². The minimum Gasteiger partial charge on any atom is -0.383 e. The number of ketones is 1. The zero-order valence-electron chi connectivity index (χ0n) is 9.28. The zero-order valence-corrected chi connectivity index (χ0v) is 9.28. The molecule has 0 fully saturated rings. The number of ether oxygens (including phenoxy) is 1. The summed E-state index contributed by atoms with van der Waals surface area (Å²) in [6.07, 6.45) is 1.85. The molecule has 0 bridgehead atoms. The fraction of sp³-hybridized carbons (Fsp3) is 0.455. The van der Waals surface area contributed by atoms with Gasteiger partial charge >= 0.3 is 0 Å². The van der Waals surface area contributed by atoms with Gasteiger partial charge in [-0.15, -0.1) is 0 Å². The van der Waals surface area contributed by atoms with Gasteiger partial charge < -0.3 is 10.5 Å². The third-order valence-corrected chi connectivity index (χ3v) is 2.46. The SMILES string of the molecule is COC(C)(C)C(=O)Cc1cccnc1N. The summed E-state index contributed by atoms with van der Waals surface area (Å²) < 4.78 is 5.10. The van der Waals surface area contributed by atoms with Crippen molar-refractivity contribution >= 4 is 11.6 Å². The Bertz CT molecular complexity index is 361. The van der Waals surface area contributed by atoms with Crippen LogP contribution in [0, 0.1) is 0 Å². The second-order valence-electron chi connectivity index (χ2n) is 3.86. The second-order valence-corrected chi connectivity index (χ2v) is 3.86. The predicted octanol–water partition coefficient (Wildman–Crippen LogP) is 1.20. The fourth-order valence-corrected chi connectivity index (χ4v) is 1.10. The first-order valence-corrected chi connectivity index (χ1v) is 4.75. The average Bonchev–Trinajstić information content (AvgIpc) is 2.21. The molecule has 0 aliphatic carbocycles. The molecule has 0 radical (unpaired) electrons. The normalized spacial score (nSPS) is 11.4. The minimum atomic E-state index is -0.776. The smallest absolute Gasteiger partial charge is 0.168 e. The molecule has 0 aliphatic heterocycles. The van der Waals surface area contributed by atoms with Crippen LogP contribution >= 0.6 is 0 Å². The van der Waals surface area contributed by atoms with E-state index in [9.17, 15) is 4.79 Å². The standard InChI is InChI=1S/C11H16N2O2/c1-11(2,15-3)9(14)7-8-5-4-6-13-10(8)12/h4-6H,7H2,1-3H3,(H2,12,13). The van der Waals surface area contributed by atoms with E-state index < -0.39 is 5.60 Å². The molecular weight excluding hydrogens is 192 g/mol. The van der Waals surface area contributed by atoms with Crippen LogP contribution < -0.4 is 5.73 Å². The lowest BCUT2D eigenvalue weighted by molar-refractivity contribution is -0.136. The number of rotatable bonds is 4. The molecule has 2 N–H and O–H groups in total. The van der Waals surface area contributed by atoms with Gasteiger partial charge in [-0.2, -0.15) is 0 Å². The number of carbonyl (C=O) groups excluding carboxylic acids is 1. The number of hydrogen-bond acceptors (Lipinski definition) is 4. The fourth-order valence-electron chi connectivity index (χ4n) is 1.10. The first kappa shape index (κ1) is 11.7. The molecule has 1 heterocycles. The van der Waals surface area contributed by atoms with E-state index in [2.05, 4.69) is 4.98 Å². The molecule has 82 valence electrons. The molecule has 0 amide bonds. The molecule has 0 atom stereocenters. The Morgan fingerprint density at radius 3 is 2.80 bits per heavy atom. The monoisotopic (exact) mass is 208 g/mol. The van der Waals surface area contributed by atoms with E-state index in [4.69, 9.17) is 10.5 Å². The molecule has 4 nitrogen and oxygen atoms in total. The number of nitrogens with zero attached hydrogens (tertiary/aromatic N) is 1. The maximum Gasteiger partial charge on any atom is 0.168 e. The molecule has 0 unspecified atom stereocenters. The summed E-state index contributed by atoms with van der Waals surface area (Å²) >= 11 is 0. The first-order valence-electron chi connectivity index (χ1n) is 4.75. The van der Waals surface area contributed by atoms with Gasteiger partial charge in [-0.25, -0.2) is 4.98 Å². The van der Waals surface area contributed by atoms with Gasteiger partial charge in [0.05, 0.1) is 0 Å². The Morgan fingerprint density at radius 2 is 2.27 bits per heavy atom. The van der Waals surface area contributed by atoms with Crippen molar-refractivity contribution in [2.24, 2.45) is 0 Å². The van der Waals surface area contributed by atoms with Crippen LogP contribution in [0.25, 0.3) is 0 Å². The van der Waals surface area contributed by atoms with E-state index in [1.54, 1.807) is 32.2 Å². The van der Waals surface area contributed by atoms with Gasteiger partial charge in [0.25, 0.3) is 0 Å². The first-order chi connectivity index (χ1) is 6.97. The number of nitrogen functional groups attached to an aromatic ring is 1. The molecule has 1 rings (SSSR count). The van der Waals surface area contributed by atoms with Crippen molar-refractivity contribution in [2.45, 2.75) is 25.9 Å². The Labute approximate surface area is 89.5 Å². The molecule has 0 saturated heterocycles. The lowest BCUT2D eigenvalue weighted by Crippen LogP contribution is -2.35. The summed E-state index contributed by atoms with van der Waals surface area (Å²) in [5.41, 5.74) is 5.62. The number of methoxy groups -OCH3 is 1. The van der Waals surface area contributed by atoms with Crippen LogP contribution in [0.4, 0.5) is 5.82 Å². The van der Waals surface area contributed by atoms with E-state index in [1.807, 2.05) is 0 Å². The number of hydrogen-bond donors (Lipinski definition) is 1. The van der Waals surface area contributed by atoms with Crippen LogP contribution in [-0.4, -0.2) is 23.5 Å². The molecule has 1 aromatic rings. The number of pyridine rings is 1. The zero-order chi connectivity index (χ0) is 11.5. The molecule has 1 aromatic heterocycles. The highest BCUT2D eigenvalue weighted by Crippen LogP contribution is 2.15. The van der Waals surface area contributed by atoms with E-state index in [0.717, 1.165) is 5.56 Å². The summed E-state index contributed by atoms with van der Waals surface area (Å²) in [5, 5.41) is 0. The second kappa shape index (κ2) is 4.40. The van der Waals surface area contributed by atoms with Crippen molar-refractivity contribution in [3.8, 4) is 0 Å². The largest absolute Gasteiger partial charge is 0.383 e. The van der Waals surface area contributed by atoms with Gasteiger partial charge in [-0.05, 0) is 19.9 Å². The van der Waals surface area contributed by atoms with E-state index in [1.165, 1.54) is 7.11 Å². The van der Waals surface area contributed by atoms with Crippen molar-refractivity contribution in [1.29, 1.82) is 0 Å². The summed E-state index contributed by atoms with van der Waals surface area (Å²) in [7, 11) is 1.52. The van der Waals surface area contributed by atoms with Gasteiger partial charge in [0.15, 0.2) is 5.78 Å². The van der Waals surface area contributed by atoms with Crippen LogP contribution in [0.1, 0.15) is 19.4 Å². The lowest BCUT2D eigenvalue weighted by Gasteiger charge is -2.21. The molecule has 4 heteroatoms.